The molecule has 0 spiro atoms. The van der Waals surface area contributed by atoms with Gasteiger partial charge in [-0.25, -0.2) is 9.18 Å². The van der Waals surface area contributed by atoms with Crippen LogP contribution in [-0.2, 0) is 9.53 Å². The molecular formula is C20H22FNO3. The predicted octanol–water partition coefficient (Wildman–Crippen LogP) is 4.52. The van der Waals surface area contributed by atoms with Crippen LogP contribution in [0.2, 0.25) is 0 Å². The standard InChI is InChI=1S/C20H22FNO3/c1-4-13(2)15-9-6-8-12-18(15)22-19(23)14(3)25-20(24)16-10-5-7-11-17(16)21/h5-14H,4H2,1-3H3,(H,22,23)/t13-,14+/m1/s1. The van der Waals surface area contributed by atoms with Gasteiger partial charge in [0.05, 0.1) is 5.56 Å². The summed E-state index contributed by atoms with van der Waals surface area (Å²) in [5, 5.41) is 2.79. The van der Waals surface area contributed by atoms with Gasteiger partial charge in [-0.05, 0) is 43.0 Å². The number of amides is 1. The number of benzene rings is 2. The molecule has 0 radical (unpaired) electrons. The molecule has 0 aliphatic carbocycles. The number of hydrogen-bond donors (Lipinski definition) is 1. The van der Waals surface area contributed by atoms with Gasteiger partial charge in [0.2, 0.25) is 0 Å². The average Bonchev–Trinajstić information content (AvgIpc) is 2.61. The largest absolute Gasteiger partial charge is 0.449 e. The van der Waals surface area contributed by atoms with Crippen molar-refractivity contribution in [3.8, 4) is 0 Å². The fourth-order valence-electron chi connectivity index (χ4n) is 2.40. The Morgan fingerprint density at radius 1 is 1.08 bits per heavy atom. The van der Waals surface area contributed by atoms with Crippen LogP contribution in [0, 0.1) is 5.82 Å². The zero-order valence-electron chi connectivity index (χ0n) is 14.6. The molecule has 2 atom stereocenters. The van der Waals surface area contributed by atoms with E-state index in [-0.39, 0.29) is 11.5 Å². The molecule has 0 aliphatic rings. The second-order valence-corrected chi connectivity index (χ2v) is 5.91. The number of carbonyl (C=O) groups excluding carboxylic acids is 2. The molecule has 0 heterocycles. The first-order valence-corrected chi connectivity index (χ1v) is 8.29. The van der Waals surface area contributed by atoms with E-state index in [0.717, 1.165) is 12.0 Å². The molecule has 0 unspecified atom stereocenters. The number of hydrogen-bond acceptors (Lipinski definition) is 3. The van der Waals surface area contributed by atoms with E-state index >= 15 is 0 Å². The molecule has 25 heavy (non-hydrogen) atoms. The van der Waals surface area contributed by atoms with Crippen LogP contribution in [0.5, 0.6) is 0 Å². The lowest BCUT2D eigenvalue weighted by Gasteiger charge is -2.18. The van der Waals surface area contributed by atoms with Gasteiger partial charge in [0.15, 0.2) is 6.10 Å². The Kier molecular flexibility index (Phi) is 6.28. The Balaban J connectivity index is 2.06. The van der Waals surface area contributed by atoms with Gasteiger partial charge in [-0.3, -0.25) is 4.79 Å². The van der Waals surface area contributed by atoms with Crippen LogP contribution >= 0.6 is 0 Å². The SMILES string of the molecule is CC[C@@H](C)c1ccccc1NC(=O)[C@H](C)OC(=O)c1ccccc1F. The fourth-order valence-corrected chi connectivity index (χ4v) is 2.40. The van der Waals surface area contributed by atoms with Gasteiger partial charge < -0.3 is 10.1 Å². The van der Waals surface area contributed by atoms with Crippen molar-refractivity contribution in [1.29, 1.82) is 0 Å². The van der Waals surface area contributed by atoms with E-state index in [2.05, 4.69) is 19.2 Å². The van der Waals surface area contributed by atoms with Crippen molar-refractivity contribution in [2.75, 3.05) is 5.32 Å². The van der Waals surface area contributed by atoms with E-state index in [4.69, 9.17) is 4.74 Å². The van der Waals surface area contributed by atoms with Gasteiger partial charge in [-0.2, -0.15) is 0 Å². The number of halogens is 1. The minimum absolute atomic E-state index is 0.192. The molecule has 0 aromatic heterocycles. The highest BCUT2D eigenvalue weighted by Crippen LogP contribution is 2.26. The molecule has 0 bridgehead atoms. The first-order chi connectivity index (χ1) is 11.9. The quantitative estimate of drug-likeness (QED) is 0.785. The Hall–Kier alpha value is -2.69. The lowest BCUT2D eigenvalue weighted by molar-refractivity contribution is -0.123. The Morgan fingerprint density at radius 3 is 2.40 bits per heavy atom. The number of para-hydroxylation sites is 1. The zero-order chi connectivity index (χ0) is 18.4. The Morgan fingerprint density at radius 2 is 1.72 bits per heavy atom. The molecule has 5 heteroatoms. The molecule has 2 aromatic rings. The lowest BCUT2D eigenvalue weighted by atomic mass is 9.97. The number of nitrogens with one attached hydrogen (secondary N) is 1. The maximum absolute atomic E-state index is 13.6. The van der Waals surface area contributed by atoms with E-state index in [1.165, 1.54) is 31.2 Å². The van der Waals surface area contributed by atoms with Crippen LogP contribution < -0.4 is 5.32 Å². The summed E-state index contributed by atoms with van der Waals surface area (Å²) in [6.07, 6.45) is -0.109. The molecular weight excluding hydrogens is 321 g/mol. The normalized spacial score (nSPS) is 13.0. The minimum atomic E-state index is -1.04. The first-order valence-electron chi connectivity index (χ1n) is 8.29. The van der Waals surface area contributed by atoms with E-state index in [0.29, 0.717) is 5.69 Å². The predicted molar refractivity (Wildman–Crippen MR) is 95.1 cm³/mol. The molecule has 0 fully saturated rings. The summed E-state index contributed by atoms with van der Waals surface area (Å²) in [6, 6.07) is 13.0. The van der Waals surface area contributed by atoms with Gasteiger partial charge in [-0.15, -0.1) is 0 Å². The molecule has 132 valence electrons. The molecule has 0 saturated carbocycles. The second kappa shape index (κ2) is 8.42. The molecule has 0 aliphatic heterocycles. The smallest absolute Gasteiger partial charge is 0.341 e. The van der Waals surface area contributed by atoms with E-state index in [9.17, 15) is 14.0 Å². The third kappa shape index (κ3) is 4.66. The topological polar surface area (TPSA) is 55.4 Å². The van der Waals surface area contributed by atoms with Crippen molar-refractivity contribution in [1.82, 2.24) is 0 Å². The summed E-state index contributed by atoms with van der Waals surface area (Å²) in [4.78, 5) is 24.4. The van der Waals surface area contributed by atoms with Gasteiger partial charge in [0, 0.05) is 5.69 Å². The van der Waals surface area contributed by atoms with Crippen molar-refractivity contribution < 1.29 is 18.7 Å². The number of carbonyl (C=O) groups is 2. The van der Waals surface area contributed by atoms with Gasteiger partial charge in [0.25, 0.3) is 5.91 Å². The lowest BCUT2D eigenvalue weighted by Crippen LogP contribution is -2.30. The maximum atomic E-state index is 13.6. The molecule has 2 aromatic carbocycles. The summed E-state index contributed by atoms with van der Waals surface area (Å²) >= 11 is 0. The number of rotatable bonds is 6. The van der Waals surface area contributed by atoms with Crippen LogP contribution in [-0.4, -0.2) is 18.0 Å². The second-order valence-electron chi connectivity index (χ2n) is 5.91. The molecule has 1 amide bonds. The summed E-state index contributed by atoms with van der Waals surface area (Å²) < 4.78 is 18.7. The summed E-state index contributed by atoms with van der Waals surface area (Å²) in [5.74, 6) is -1.72. The van der Waals surface area contributed by atoms with Crippen LogP contribution in [0.25, 0.3) is 0 Å². The average molecular weight is 343 g/mol. The highest BCUT2D eigenvalue weighted by atomic mass is 19.1. The van der Waals surface area contributed by atoms with E-state index < -0.39 is 23.8 Å². The monoisotopic (exact) mass is 343 g/mol. The zero-order valence-corrected chi connectivity index (χ0v) is 14.6. The summed E-state index contributed by atoms with van der Waals surface area (Å²) in [6.45, 7) is 5.61. The van der Waals surface area contributed by atoms with Gasteiger partial charge in [0.1, 0.15) is 5.82 Å². The molecule has 1 N–H and O–H groups in total. The van der Waals surface area contributed by atoms with Gasteiger partial charge in [-0.1, -0.05) is 44.2 Å². The van der Waals surface area contributed by atoms with Crippen molar-refractivity contribution >= 4 is 17.6 Å². The van der Waals surface area contributed by atoms with Crippen LogP contribution in [0.3, 0.4) is 0 Å². The highest BCUT2D eigenvalue weighted by Gasteiger charge is 2.22. The van der Waals surface area contributed by atoms with Crippen molar-refractivity contribution in [3.63, 3.8) is 0 Å². The summed E-state index contributed by atoms with van der Waals surface area (Å²) in [7, 11) is 0. The van der Waals surface area contributed by atoms with E-state index in [1.54, 1.807) is 0 Å². The molecule has 2 rings (SSSR count). The molecule has 4 nitrogen and oxygen atoms in total. The third-order valence-electron chi connectivity index (χ3n) is 4.11. The number of anilines is 1. The van der Waals surface area contributed by atoms with Crippen LogP contribution in [0.4, 0.5) is 10.1 Å². The van der Waals surface area contributed by atoms with Crippen LogP contribution in [0.1, 0.15) is 49.0 Å². The van der Waals surface area contributed by atoms with Gasteiger partial charge >= 0.3 is 5.97 Å². The van der Waals surface area contributed by atoms with Crippen LogP contribution in [0.15, 0.2) is 48.5 Å². The summed E-state index contributed by atoms with van der Waals surface area (Å²) in [5.41, 5.74) is 1.52. The number of ether oxygens (including phenoxy) is 1. The Bertz CT molecular complexity index is 760. The van der Waals surface area contributed by atoms with Crippen molar-refractivity contribution in [2.45, 2.75) is 39.2 Å². The highest BCUT2D eigenvalue weighted by molar-refractivity contribution is 5.97. The fraction of sp³-hybridized carbons (Fsp3) is 0.300. The van der Waals surface area contributed by atoms with Crippen molar-refractivity contribution in [2.24, 2.45) is 0 Å². The van der Waals surface area contributed by atoms with Crippen molar-refractivity contribution in [3.05, 3.63) is 65.5 Å². The maximum Gasteiger partial charge on any atom is 0.341 e. The number of esters is 1. The third-order valence-corrected chi connectivity index (χ3v) is 4.11. The molecule has 0 saturated heterocycles. The first kappa shape index (κ1) is 18.6. The Labute approximate surface area is 147 Å². The van der Waals surface area contributed by atoms with E-state index in [1.807, 2.05) is 24.3 Å². The minimum Gasteiger partial charge on any atom is -0.449 e.